The van der Waals surface area contributed by atoms with Crippen molar-refractivity contribution in [3.8, 4) is 17.9 Å². The van der Waals surface area contributed by atoms with Gasteiger partial charge in [-0.2, -0.15) is 10.5 Å². The minimum atomic E-state index is -0.594. The number of methoxy groups -OCH3 is 1. The van der Waals surface area contributed by atoms with Crippen LogP contribution in [0.2, 0.25) is 0 Å². The number of nitrogens with one attached hydrogen (secondary N) is 2. The van der Waals surface area contributed by atoms with Crippen LogP contribution >= 0.6 is 11.8 Å². The first kappa shape index (κ1) is 22.0. The van der Waals surface area contributed by atoms with E-state index in [0.29, 0.717) is 33.8 Å². The van der Waals surface area contributed by atoms with Gasteiger partial charge in [-0.1, -0.05) is 31.2 Å². The summed E-state index contributed by atoms with van der Waals surface area (Å²) in [6, 6.07) is 18.6. The quantitative estimate of drug-likeness (QED) is 0.692. The summed E-state index contributed by atoms with van der Waals surface area (Å²) in [5.74, 6) is 0.381. The van der Waals surface area contributed by atoms with E-state index in [0.717, 1.165) is 16.3 Å². The van der Waals surface area contributed by atoms with E-state index < -0.39 is 5.92 Å². The molecule has 156 valence electrons. The molecule has 0 saturated carbocycles. The second-order valence-corrected chi connectivity index (χ2v) is 8.05. The first-order chi connectivity index (χ1) is 15.0. The topological polar surface area (TPSA) is 97.9 Å². The van der Waals surface area contributed by atoms with Gasteiger partial charge in [-0.05, 0) is 42.5 Å². The van der Waals surface area contributed by atoms with Crippen molar-refractivity contribution in [3.63, 3.8) is 0 Å². The molecule has 1 aliphatic rings. The number of hydrogen-bond donors (Lipinski definition) is 2. The Hall–Kier alpha value is -3.68. The van der Waals surface area contributed by atoms with Gasteiger partial charge in [0.15, 0.2) is 0 Å². The van der Waals surface area contributed by atoms with E-state index in [9.17, 15) is 15.3 Å². The molecular weight excluding hydrogens is 408 g/mol. The lowest BCUT2D eigenvalue weighted by Gasteiger charge is -2.30. The predicted octanol–water partition coefficient (Wildman–Crippen LogP) is 4.65. The standard InChI is InChI=1S/C24H22N4O2S/c1-4-31-24-18(14-26)22(17-9-7-8-16(12-17)13-25)21(15(2)27-24)23(29)28-19-10-5-6-11-20(19)30-3/h5-12,22,27H,4H2,1-3H3,(H,28,29). The number of ether oxygens (including phenoxy) is 1. The van der Waals surface area contributed by atoms with Crippen molar-refractivity contribution in [1.29, 1.82) is 10.5 Å². The molecule has 0 saturated heterocycles. The molecule has 0 bridgehead atoms. The van der Waals surface area contributed by atoms with Gasteiger partial charge in [0.2, 0.25) is 0 Å². The van der Waals surface area contributed by atoms with Crippen molar-refractivity contribution in [3.05, 3.63) is 81.5 Å². The maximum Gasteiger partial charge on any atom is 0.254 e. The second-order valence-electron chi connectivity index (χ2n) is 6.78. The Bertz CT molecular complexity index is 1150. The van der Waals surface area contributed by atoms with Crippen LogP contribution < -0.4 is 15.4 Å². The highest BCUT2D eigenvalue weighted by Crippen LogP contribution is 2.41. The van der Waals surface area contributed by atoms with Crippen molar-refractivity contribution in [2.24, 2.45) is 0 Å². The zero-order valence-corrected chi connectivity index (χ0v) is 18.3. The molecule has 0 aliphatic carbocycles. The van der Waals surface area contributed by atoms with E-state index in [2.05, 4.69) is 22.8 Å². The van der Waals surface area contributed by atoms with Gasteiger partial charge in [0.05, 0.1) is 47.0 Å². The minimum absolute atomic E-state index is 0.338. The molecule has 2 aromatic rings. The smallest absolute Gasteiger partial charge is 0.254 e. The minimum Gasteiger partial charge on any atom is -0.495 e. The maximum absolute atomic E-state index is 13.4. The number of hydrogen-bond acceptors (Lipinski definition) is 6. The van der Waals surface area contributed by atoms with Gasteiger partial charge in [0, 0.05) is 11.3 Å². The van der Waals surface area contributed by atoms with Crippen molar-refractivity contribution >= 4 is 23.4 Å². The first-order valence-electron chi connectivity index (χ1n) is 9.73. The Kier molecular flexibility index (Phi) is 7.02. The van der Waals surface area contributed by atoms with Gasteiger partial charge in [-0.3, -0.25) is 4.79 Å². The van der Waals surface area contributed by atoms with Crippen molar-refractivity contribution in [2.75, 3.05) is 18.2 Å². The van der Waals surface area contributed by atoms with Crippen LogP contribution in [0.3, 0.4) is 0 Å². The van der Waals surface area contributed by atoms with E-state index in [1.807, 2.05) is 32.0 Å². The summed E-state index contributed by atoms with van der Waals surface area (Å²) in [5.41, 5.74) is 3.28. The summed E-state index contributed by atoms with van der Waals surface area (Å²) >= 11 is 1.52. The Balaban J connectivity index is 2.12. The highest BCUT2D eigenvalue weighted by molar-refractivity contribution is 8.03. The van der Waals surface area contributed by atoms with E-state index >= 15 is 0 Å². The maximum atomic E-state index is 13.4. The molecule has 1 atom stereocenters. The average molecular weight is 431 g/mol. The number of rotatable bonds is 6. The summed E-state index contributed by atoms with van der Waals surface area (Å²) in [4.78, 5) is 13.4. The molecule has 2 aromatic carbocycles. The number of anilines is 1. The van der Waals surface area contributed by atoms with Crippen LogP contribution in [0.4, 0.5) is 5.69 Å². The molecule has 7 heteroatoms. The molecule has 1 heterocycles. The third kappa shape index (κ3) is 4.58. The molecule has 1 unspecified atom stereocenters. The second kappa shape index (κ2) is 9.88. The van der Waals surface area contributed by atoms with Gasteiger partial charge in [0.1, 0.15) is 5.75 Å². The number of amides is 1. The zero-order chi connectivity index (χ0) is 22.4. The van der Waals surface area contributed by atoms with Gasteiger partial charge >= 0.3 is 0 Å². The highest BCUT2D eigenvalue weighted by Gasteiger charge is 2.35. The lowest BCUT2D eigenvalue weighted by atomic mass is 9.81. The van der Waals surface area contributed by atoms with Crippen molar-refractivity contribution in [1.82, 2.24) is 5.32 Å². The Labute approximate surface area is 186 Å². The fraction of sp³-hybridized carbons (Fsp3) is 0.208. The number of dihydropyridines is 1. The van der Waals surface area contributed by atoms with Crippen molar-refractivity contribution in [2.45, 2.75) is 19.8 Å². The summed E-state index contributed by atoms with van der Waals surface area (Å²) in [5, 5.41) is 26.2. The lowest BCUT2D eigenvalue weighted by molar-refractivity contribution is -0.113. The van der Waals surface area contributed by atoms with E-state index in [4.69, 9.17) is 4.74 Å². The third-order valence-corrected chi connectivity index (χ3v) is 5.78. The molecule has 1 amide bonds. The normalized spacial score (nSPS) is 15.6. The predicted molar refractivity (Wildman–Crippen MR) is 122 cm³/mol. The molecule has 3 rings (SSSR count). The van der Waals surface area contributed by atoms with E-state index in [-0.39, 0.29) is 5.91 Å². The summed E-state index contributed by atoms with van der Waals surface area (Å²) in [6.45, 7) is 3.82. The van der Waals surface area contributed by atoms with Crippen LogP contribution in [0, 0.1) is 22.7 Å². The van der Waals surface area contributed by atoms with Gasteiger partial charge < -0.3 is 15.4 Å². The number of nitriles is 2. The number of thioether (sulfide) groups is 1. The van der Waals surface area contributed by atoms with Crippen LogP contribution in [-0.2, 0) is 4.79 Å². The van der Waals surface area contributed by atoms with E-state index in [1.165, 1.54) is 11.8 Å². The van der Waals surface area contributed by atoms with Crippen molar-refractivity contribution < 1.29 is 9.53 Å². The number of carbonyl (C=O) groups excluding carboxylic acids is 1. The summed E-state index contributed by atoms with van der Waals surface area (Å²) in [6.07, 6.45) is 0. The molecule has 0 spiro atoms. The molecule has 6 nitrogen and oxygen atoms in total. The van der Waals surface area contributed by atoms with Crippen LogP contribution in [0.15, 0.2) is 70.4 Å². The first-order valence-corrected chi connectivity index (χ1v) is 10.7. The fourth-order valence-electron chi connectivity index (χ4n) is 3.53. The third-order valence-electron chi connectivity index (χ3n) is 4.88. The van der Waals surface area contributed by atoms with Gasteiger partial charge in [-0.25, -0.2) is 0 Å². The Morgan fingerprint density at radius 3 is 2.65 bits per heavy atom. The van der Waals surface area contributed by atoms with E-state index in [1.54, 1.807) is 37.4 Å². The molecule has 0 fully saturated rings. The largest absolute Gasteiger partial charge is 0.495 e. The van der Waals surface area contributed by atoms with Crippen LogP contribution in [0.25, 0.3) is 0 Å². The number of allylic oxidation sites excluding steroid dienone is 2. The van der Waals surface area contributed by atoms with Gasteiger partial charge in [0.25, 0.3) is 5.91 Å². The molecule has 2 N–H and O–H groups in total. The number of carbonyl (C=O) groups is 1. The Morgan fingerprint density at radius 1 is 1.19 bits per heavy atom. The SMILES string of the molecule is CCSC1=C(C#N)C(c2cccc(C#N)c2)C(C(=O)Nc2ccccc2OC)=C(C)N1. The number of nitrogens with zero attached hydrogens (tertiary/aromatic N) is 2. The van der Waals surface area contributed by atoms with Crippen LogP contribution in [-0.4, -0.2) is 18.8 Å². The van der Waals surface area contributed by atoms with Gasteiger partial charge in [-0.15, -0.1) is 11.8 Å². The molecule has 0 radical (unpaired) electrons. The monoisotopic (exact) mass is 430 g/mol. The number of benzene rings is 2. The Morgan fingerprint density at radius 2 is 1.97 bits per heavy atom. The lowest BCUT2D eigenvalue weighted by Crippen LogP contribution is -2.30. The molecule has 1 aliphatic heterocycles. The average Bonchev–Trinajstić information content (AvgIpc) is 2.79. The molecule has 0 aromatic heterocycles. The van der Waals surface area contributed by atoms with Crippen LogP contribution in [0.5, 0.6) is 5.75 Å². The van der Waals surface area contributed by atoms with Crippen LogP contribution in [0.1, 0.15) is 30.9 Å². The fourth-order valence-corrected chi connectivity index (χ4v) is 4.36. The molecule has 31 heavy (non-hydrogen) atoms. The zero-order valence-electron chi connectivity index (χ0n) is 17.5. The molecular formula is C24H22N4O2S. The summed E-state index contributed by atoms with van der Waals surface area (Å²) in [7, 11) is 1.54. The highest BCUT2D eigenvalue weighted by atomic mass is 32.2. The summed E-state index contributed by atoms with van der Waals surface area (Å²) < 4.78 is 5.35. The number of para-hydroxylation sites is 2.